The van der Waals surface area contributed by atoms with Gasteiger partial charge in [-0.25, -0.2) is 13.1 Å². The van der Waals surface area contributed by atoms with E-state index < -0.39 is 16.6 Å². The van der Waals surface area contributed by atoms with Crippen LogP contribution in [0.5, 0.6) is 0 Å². The Balaban J connectivity index is 2.31. The number of hydrogen-bond donors (Lipinski definition) is 0. The van der Waals surface area contributed by atoms with Gasteiger partial charge in [0.15, 0.2) is 0 Å². The number of rotatable bonds is 5. The van der Waals surface area contributed by atoms with E-state index in [9.17, 15) is 17.2 Å². The van der Waals surface area contributed by atoms with E-state index in [0.29, 0.717) is 10.4 Å². The summed E-state index contributed by atoms with van der Waals surface area (Å²) in [4.78, 5) is -0.225. The normalized spacial score (nSPS) is 12.5. The van der Waals surface area contributed by atoms with Crippen LogP contribution in [-0.2, 0) is 23.6 Å². The van der Waals surface area contributed by atoms with Gasteiger partial charge >= 0.3 is 6.55 Å². The van der Waals surface area contributed by atoms with Crippen molar-refractivity contribution in [3.63, 3.8) is 0 Å². The Labute approximate surface area is 127 Å². The molecule has 0 atom stereocenters. The summed E-state index contributed by atoms with van der Waals surface area (Å²) in [7, 11) is -0.781. The second-order valence-electron chi connectivity index (χ2n) is 5.01. The molecule has 2 heterocycles. The van der Waals surface area contributed by atoms with Crippen LogP contribution < -0.4 is 0 Å². The van der Waals surface area contributed by atoms with Gasteiger partial charge in [0.2, 0.25) is 10.0 Å². The van der Waals surface area contributed by atoms with Crippen molar-refractivity contribution in [2.75, 3.05) is 7.05 Å². The van der Waals surface area contributed by atoms with E-state index in [-0.39, 0.29) is 17.1 Å². The maximum atomic E-state index is 12.6. The largest absolute Gasteiger partial charge is 0.333 e. The SMILES string of the molecule is Cc1nn(C)cc1CN(C)S(=O)(=O)c1cn(C(F)F)nc1C. The van der Waals surface area contributed by atoms with Crippen LogP contribution in [0.4, 0.5) is 8.78 Å². The van der Waals surface area contributed by atoms with E-state index in [4.69, 9.17) is 0 Å². The summed E-state index contributed by atoms with van der Waals surface area (Å²) in [6, 6.07) is 0. The first-order valence-electron chi connectivity index (χ1n) is 6.42. The van der Waals surface area contributed by atoms with Gasteiger partial charge in [-0.1, -0.05) is 0 Å². The second kappa shape index (κ2) is 5.76. The van der Waals surface area contributed by atoms with Gasteiger partial charge in [-0.3, -0.25) is 4.68 Å². The van der Waals surface area contributed by atoms with E-state index in [1.807, 2.05) is 0 Å². The highest BCUT2D eigenvalue weighted by atomic mass is 32.2. The fourth-order valence-corrected chi connectivity index (χ4v) is 3.41. The zero-order valence-electron chi connectivity index (χ0n) is 12.7. The first kappa shape index (κ1) is 16.6. The quantitative estimate of drug-likeness (QED) is 0.830. The van der Waals surface area contributed by atoms with Crippen molar-refractivity contribution in [2.24, 2.45) is 7.05 Å². The second-order valence-corrected chi connectivity index (χ2v) is 7.02. The lowest BCUT2D eigenvalue weighted by Crippen LogP contribution is -2.27. The molecule has 0 aromatic carbocycles. The van der Waals surface area contributed by atoms with E-state index in [1.165, 1.54) is 14.0 Å². The Morgan fingerprint density at radius 1 is 1.23 bits per heavy atom. The first-order chi connectivity index (χ1) is 10.1. The number of alkyl halides is 2. The maximum absolute atomic E-state index is 12.6. The minimum absolute atomic E-state index is 0.0371. The van der Waals surface area contributed by atoms with Crippen LogP contribution in [0, 0.1) is 13.8 Å². The van der Waals surface area contributed by atoms with Crippen molar-refractivity contribution in [1.82, 2.24) is 23.9 Å². The minimum atomic E-state index is -3.91. The summed E-state index contributed by atoms with van der Waals surface area (Å²) in [5, 5.41) is 7.68. The van der Waals surface area contributed by atoms with Crippen molar-refractivity contribution in [3.05, 3.63) is 29.3 Å². The maximum Gasteiger partial charge on any atom is 0.333 e. The highest BCUT2D eigenvalue weighted by molar-refractivity contribution is 7.89. The van der Waals surface area contributed by atoms with Crippen molar-refractivity contribution < 1.29 is 17.2 Å². The Morgan fingerprint density at radius 2 is 1.86 bits per heavy atom. The molecule has 22 heavy (non-hydrogen) atoms. The van der Waals surface area contributed by atoms with Crippen LogP contribution in [0.3, 0.4) is 0 Å². The Bertz CT molecular complexity index is 782. The Kier molecular flexibility index (Phi) is 4.34. The van der Waals surface area contributed by atoms with Crippen LogP contribution >= 0.6 is 0 Å². The van der Waals surface area contributed by atoms with Gasteiger partial charge in [-0.2, -0.15) is 23.3 Å². The highest BCUT2D eigenvalue weighted by Gasteiger charge is 2.27. The molecule has 0 aliphatic carbocycles. The van der Waals surface area contributed by atoms with E-state index in [1.54, 1.807) is 24.9 Å². The van der Waals surface area contributed by atoms with Crippen LogP contribution in [0.25, 0.3) is 0 Å². The number of hydrogen-bond acceptors (Lipinski definition) is 4. The van der Waals surface area contributed by atoms with Crippen molar-refractivity contribution in [2.45, 2.75) is 31.8 Å². The lowest BCUT2D eigenvalue weighted by atomic mass is 10.3. The lowest BCUT2D eigenvalue weighted by molar-refractivity contribution is 0.0561. The molecule has 0 radical (unpaired) electrons. The molecule has 0 unspecified atom stereocenters. The molecular weight excluding hydrogens is 316 g/mol. The smallest absolute Gasteiger partial charge is 0.275 e. The molecule has 0 N–H and O–H groups in total. The molecule has 0 bridgehead atoms. The van der Waals surface area contributed by atoms with E-state index >= 15 is 0 Å². The summed E-state index contributed by atoms with van der Waals surface area (Å²) in [6.07, 6.45) is 2.57. The molecule has 0 saturated heterocycles. The number of halogens is 2. The van der Waals surface area contributed by atoms with Crippen LogP contribution in [0.2, 0.25) is 0 Å². The van der Waals surface area contributed by atoms with Gasteiger partial charge in [-0.05, 0) is 13.8 Å². The standard InChI is InChI=1S/C12H17F2N5O2S/c1-8-10(5-17(3)15-8)6-18(4)22(20,21)11-7-19(12(13)14)16-9(11)2/h5,7,12H,6H2,1-4H3. The summed E-state index contributed by atoms with van der Waals surface area (Å²) in [5.74, 6) is 0. The van der Waals surface area contributed by atoms with E-state index in [2.05, 4.69) is 10.2 Å². The zero-order valence-corrected chi connectivity index (χ0v) is 13.5. The third kappa shape index (κ3) is 3.02. The molecule has 2 rings (SSSR count). The van der Waals surface area contributed by atoms with Crippen molar-refractivity contribution in [3.8, 4) is 0 Å². The van der Waals surface area contributed by atoms with Gasteiger partial charge in [0.05, 0.1) is 17.6 Å². The molecule has 0 fully saturated rings. The summed E-state index contributed by atoms with van der Waals surface area (Å²) < 4.78 is 53.3. The zero-order chi connectivity index (χ0) is 16.7. The molecule has 10 heteroatoms. The molecule has 122 valence electrons. The van der Waals surface area contributed by atoms with Gasteiger partial charge in [-0.15, -0.1) is 0 Å². The average molecular weight is 333 g/mol. The molecule has 0 aliphatic heterocycles. The Morgan fingerprint density at radius 3 is 2.32 bits per heavy atom. The number of aromatic nitrogens is 4. The monoisotopic (exact) mass is 333 g/mol. The molecule has 2 aromatic rings. The summed E-state index contributed by atoms with van der Waals surface area (Å²) in [6.45, 7) is 0.375. The number of sulfonamides is 1. The van der Waals surface area contributed by atoms with Crippen molar-refractivity contribution >= 4 is 10.0 Å². The average Bonchev–Trinajstić information content (AvgIpc) is 2.93. The molecule has 0 saturated carbocycles. The third-order valence-electron chi connectivity index (χ3n) is 3.27. The van der Waals surface area contributed by atoms with Gasteiger partial charge < -0.3 is 0 Å². The fraction of sp³-hybridized carbons (Fsp3) is 0.500. The topological polar surface area (TPSA) is 73.0 Å². The van der Waals surface area contributed by atoms with Crippen molar-refractivity contribution in [1.29, 1.82) is 0 Å². The summed E-state index contributed by atoms with van der Waals surface area (Å²) in [5.41, 5.74) is 1.49. The predicted octanol–water partition coefficient (Wildman–Crippen LogP) is 1.45. The number of nitrogens with zero attached hydrogens (tertiary/aromatic N) is 5. The summed E-state index contributed by atoms with van der Waals surface area (Å²) >= 11 is 0. The van der Waals surface area contributed by atoms with E-state index in [0.717, 1.165) is 16.1 Å². The Hall–Kier alpha value is -1.81. The molecule has 2 aromatic heterocycles. The lowest BCUT2D eigenvalue weighted by Gasteiger charge is -2.16. The number of aryl methyl sites for hydroxylation is 3. The van der Waals surface area contributed by atoms with Gasteiger partial charge in [0, 0.05) is 32.4 Å². The van der Waals surface area contributed by atoms with Crippen LogP contribution in [0.15, 0.2) is 17.3 Å². The molecule has 7 nitrogen and oxygen atoms in total. The molecular formula is C12H17F2N5O2S. The molecule has 0 aliphatic rings. The third-order valence-corrected chi connectivity index (χ3v) is 5.17. The molecule has 0 amide bonds. The predicted molar refractivity (Wildman–Crippen MR) is 74.8 cm³/mol. The van der Waals surface area contributed by atoms with Gasteiger partial charge in [0.1, 0.15) is 4.90 Å². The van der Waals surface area contributed by atoms with Crippen LogP contribution in [0.1, 0.15) is 23.5 Å². The minimum Gasteiger partial charge on any atom is -0.275 e. The molecule has 0 spiro atoms. The fourth-order valence-electron chi connectivity index (χ4n) is 2.11. The van der Waals surface area contributed by atoms with Gasteiger partial charge in [0.25, 0.3) is 0 Å². The van der Waals surface area contributed by atoms with Crippen LogP contribution in [-0.4, -0.2) is 39.3 Å². The highest BCUT2D eigenvalue weighted by Crippen LogP contribution is 2.22. The first-order valence-corrected chi connectivity index (χ1v) is 7.86.